The van der Waals surface area contributed by atoms with Gasteiger partial charge in [0, 0.05) is 5.92 Å². The molecule has 2 aliphatic rings. The summed E-state index contributed by atoms with van der Waals surface area (Å²) < 4.78 is 0. The number of allylic oxidation sites excluding steroid dienone is 8. The lowest BCUT2D eigenvalue weighted by Crippen LogP contribution is -2.02. The Labute approximate surface area is 86.7 Å². The lowest BCUT2D eigenvalue weighted by molar-refractivity contribution is 0.824. The van der Waals surface area contributed by atoms with Crippen LogP contribution in [0.4, 0.5) is 0 Å². The van der Waals surface area contributed by atoms with Gasteiger partial charge in [0.05, 0.1) is 0 Å². The summed E-state index contributed by atoms with van der Waals surface area (Å²) >= 11 is 0. The van der Waals surface area contributed by atoms with Crippen molar-refractivity contribution in [3.05, 3.63) is 46.6 Å². The van der Waals surface area contributed by atoms with Gasteiger partial charge in [-0.05, 0) is 37.8 Å². The van der Waals surface area contributed by atoms with E-state index in [1.165, 1.54) is 11.1 Å². The average molecular weight is 186 g/mol. The first-order valence-electron chi connectivity index (χ1n) is 5.43. The van der Waals surface area contributed by atoms with Gasteiger partial charge >= 0.3 is 0 Å². The van der Waals surface area contributed by atoms with Crippen molar-refractivity contribution in [1.82, 2.24) is 0 Å². The minimum atomic E-state index is 0.590. The van der Waals surface area contributed by atoms with Crippen molar-refractivity contribution >= 4 is 0 Å². The van der Waals surface area contributed by atoms with E-state index >= 15 is 0 Å². The molecular formula is C14H18. The van der Waals surface area contributed by atoms with Crippen LogP contribution in [0.3, 0.4) is 0 Å². The fourth-order valence-electron chi connectivity index (χ4n) is 2.54. The molecule has 0 aromatic heterocycles. The van der Waals surface area contributed by atoms with Gasteiger partial charge in [0.15, 0.2) is 0 Å². The highest BCUT2D eigenvalue weighted by molar-refractivity contribution is 5.47. The van der Waals surface area contributed by atoms with Crippen LogP contribution in [-0.2, 0) is 0 Å². The standard InChI is InChI=1S/C14H18/c1-10-8-9-11(2)14(10)12(3)13-6-4-5-7-13/h4,6-8,12H,5,9H2,1-3H3. The van der Waals surface area contributed by atoms with Crippen LogP contribution >= 0.6 is 0 Å². The summed E-state index contributed by atoms with van der Waals surface area (Å²) in [5.41, 5.74) is 6.10. The van der Waals surface area contributed by atoms with Crippen LogP contribution in [0, 0.1) is 5.92 Å². The molecule has 0 nitrogen and oxygen atoms in total. The lowest BCUT2D eigenvalue weighted by Gasteiger charge is -2.16. The maximum Gasteiger partial charge on any atom is 0.00599 e. The van der Waals surface area contributed by atoms with Crippen molar-refractivity contribution < 1.29 is 0 Å². The van der Waals surface area contributed by atoms with E-state index in [9.17, 15) is 0 Å². The number of hydrogen-bond donors (Lipinski definition) is 0. The quantitative estimate of drug-likeness (QED) is 0.607. The van der Waals surface area contributed by atoms with Crippen molar-refractivity contribution in [3.63, 3.8) is 0 Å². The molecule has 0 aromatic carbocycles. The Kier molecular flexibility index (Phi) is 2.45. The van der Waals surface area contributed by atoms with E-state index in [1.54, 1.807) is 11.1 Å². The molecule has 0 spiro atoms. The van der Waals surface area contributed by atoms with E-state index in [0.29, 0.717) is 5.92 Å². The summed E-state index contributed by atoms with van der Waals surface area (Å²) in [5.74, 6) is 0.590. The maximum absolute atomic E-state index is 2.35. The zero-order chi connectivity index (χ0) is 10.1. The molecule has 0 saturated heterocycles. The summed E-state index contributed by atoms with van der Waals surface area (Å²) in [6, 6.07) is 0. The normalized spacial score (nSPS) is 22.8. The van der Waals surface area contributed by atoms with Crippen LogP contribution < -0.4 is 0 Å². The molecule has 1 atom stereocenters. The van der Waals surface area contributed by atoms with Gasteiger partial charge in [-0.25, -0.2) is 0 Å². The van der Waals surface area contributed by atoms with Crippen molar-refractivity contribution in [2.24, 2.45) is 5.92 Å². The van der Waals surface area contributed by atoms with E-state index < -0.39 is 0 Å². The van der Waals surface area contributed by atoms with E-state index in [0.717, 1.165) is 12.8 Å². The van der Waals surface area contributed by atoms with Crippen LogP contribution in [0.25, 0.3) is 0 Å². The van der Waals surface area contributed by atoms with Gasteiger partial charge in [-0.15, -0.1) is 0 Å². The van der Waals surface area contributed by atoms with Crippen molar-refractivity contribution in [1.29, 1.82) is 0 Å². The summed E-state index contributed by atoms with van der Waals surface area (Å²) in [5, 5.41) is 0. The Hall–Kier alpha value is -1.04. The largest absolute Gasteiger partial charge is 0.0804 e. The molecule has 0 heteroatoms. The predicted molar refractivity (Wildman–Crippen MR) is 62.1 cm³/mol. The summed E-state index contributed by atoms with van der Waals surface area (Å²) in [6.07, 6.45) is 11.5. The number of hydrogen-bond acceptors (Lipinski definition) is 0. The summed E-state index contributed by atoms with van der Waals surface area (Å²) in [4.78, 5) is 0. The molecule has 0 heterocycles. The van der Waals surface area contributed by atoms with E-state index in [2.05, 4.69) is 45.1 Å². The Bertz CT molecular complexity index is 361. The molecule has 2 aliphatic carbocycles. The third-order valence-electron chi connectivity index (χ3n) is 3.33. The van der Waals surface area contributed by atoms with Crippen LogP contribution in [0.2, 0.25) is 0 Å². The fraction of sp³-hybridized carbons (Fsp3) is 0.429. The maximum atomic E-state index is 2.35. The smallest absolute Gasteiger partial charge is 0.00599 e. The molecule has 74 valence electrons. The fourth-order valence-corrected chi connectivity index (χ4v) is 2.54. The highest BCUT2D eigenvalue weighted by atomic mass is 14.2. The van der Waals surface area contributed by atoms with Crippen LogP contribution in [0.1, 0.15) is 33.6 Å². The molecule has 2 rings (SSSR count). The minimum absolute atomic E-state index is 0.590. The second kappa shape index (κ2) is 3.61. The zero-order valence-corrected chi connectivity index (χ0v) is 9.30. The highest BCUT2D eigenvalue weighted by Crippen LogP contribution is 2.36. The van der Waals surface area contributed by atoms with Crippen LogP contribution in [0.15, 0.2) is 46.6 Å². The topological polar surface area (TPSA) is 0 Å². The van der Waals surface area contributed by atoms with E-state index in [4.69, 9.17) is 0 Å². The summed E-state index contributed by atoms with van der Waals surface area (Å²) in [7, 11) is 0. The molecule has 0 bridgehead atoms. The third-order valence-corrected chi connectivity index (χ3v) is 3.33. The Morgan fingerprint density at radius 1 is 1.21 bits per heavy atom. The van der Waals surface area contributed by atoms with Gasteiger partial charge in [-0.1, -0.05) is 42.4 Å². The first-order chi connectivity index (χ1) is 6.70. The van der Waals surface area contributed by atoms with Gasteiger partial charge in [-0.2, -0.15) is 0 Å². The molecule has 0 N–H and O–H groups in total. The lowest BCUT2D eigenvalue weighted by atomic mass is 9.88. The zero-order valence-electron chi connectivity index (χ0n) is 9.30. The van der Waals surface area contributed by atoms with Gasteiger partial charge in [0.25, 0.3) is 0 Å². The molecule has 0 aliphatic heterocycles. The Balaban J connectivity index is 2.27. The van der Waals surface area contributed by atoms with Gasteiger partial charge < -0.3 is 0 Å². The number of rotatable bonds is 2. The molecule has 0 fully saturated rings. The van der Waals surface area contributed by atoms with Gasteiger partial charge in [0.2, 0.25) is 0 Å². The molecule has 0 saturated carbocycles. The molecule has 0 aromatic rings. The monoisotopic (exact) mass is 186 g/mol. The molecule has 0 radical (unpaired) electrons. The predicted octanol–water partition coefficient (Wildman–Crippen LogP) is 4.18. The second-order valence-electron chi connectivity index (χ2n) is 4.35. The van der Waals surface area contributed by atoms with E-state index in [-0.39, 0.29) is 0 Å². The first-order valence-corrected chi connectivity index (χ1v) is 5.43. The SMILES string of the molecule is CC1=CCC(C)=C1C(C)C1=CCC=C1. The Morgan fingerprint density at radius 3 is 2.50 bits per heavy atom. The van der Waals surface area contributed by atoms with Crippen LogP contribution in [-0.4, -0.2) is 0 Å². The van der Waals surface area contributed by atoms with E-state index in [1.807, 2.05) is 0 Å². The molecule has 14 heavy (non-hydrogen) atoms. The van der Waals surface area contributed by atoms with Gasteiger partial charge in [-0.3, -0.25) is 0 Å². The highest BCUT2D eigenvalue weighted by Gasteiger charge is 2.20. The Morgan fingerprint density at radius 2 is 2.00 bits per heavy atom. The summed E-state index contributed by atoms with van der Waals surface area (Å²) in [6.45, 7) is 6.82. The van der Waals surface area contributed by atoms with Crippen molar-refractivity contribution in [2.45, 2.75) is 33.6 Å². The van der Waals surface area contributed by atoms with Gasteiger partial charge in [0.1, 0.15) is 0 Å². The van der Waals surface area contributed by atoms with Crippen LogP contribution in [0.5, 0.6) is 0 Å². The van der Waals surface area contributed by atoms with Crippen molar-refractivity contribution in [2.75, 3.05) is 0 Å². The molecular weight excluding hydrogens is 168 g/mol. The second-order valence-corrected chi connectivity index (χ2v) is 4.35. The minimum Gasteiger partial charge on any atom is -0.0804 e. The van der Waals surface area contributed by atoms with Crippen molar-refractivity contribution in [3.8, 4) is 0 Å². The molecule has 0 amide bonds. The molecule has 1 unspecified atom stereocenters. The average Bonchev–Trinajstić information content (AvgIpc) is 2.75. The third kappa shape index (κ3) is 1.50. The first kappa shape index (κ1) is 9.51.